The maximum atomic E-state index is 4.28. The Bertz CT molecular complexity index is 293. The van der Waals surface area contributed by atoms with E-state index in [0.717, 1.165) is 16.8 Å². The molecule has 0 spiro atoms. The Hall–Kier alpha value is -0.570. The summed E-state index contributed by atoms with van der Waals surface area (Å²) in [4.78, 5) is 4.28. The second-order valence-corrected chi connectivity index (χ2v) is 5.55. The minimum absolute atomic E-state index is 0.337. The van der Waals surface area contributed by atoms with Gasteiger partial charge in [0.15, 0.2) is 0 Å². The number of pyridine rings is 1. The van der Waals surface area contributed by atoms with E-state index >= 15 is 0 Å². The molecule has 2 nitrogen and oxygen atoms in total. The largest absolute Gasteiger partial charge is 0.370 e. The third-order valence-electron chi connectivity index (χ3n) is 2.40. The van der Waals surface area contributed by atoms with Gasteiger partial charge in [-0.3, -0.25) is 0 Å². The molecule has 0 saturated heterocycles. The highest BCUT2D eigenvalue weighted by Gasteiger charge is 2.15. The van der Waals surface area contributed by atoms with Crippen molar-refractivity contribution in [1.29, 1.82) is 0 Å². The van der Waals surface area contributed by atoms with Crippen LogP contribution in [0.1, 0.15) is 33.6 Å². The standard InChI is InChI=1S/C12H19BrN2/c1-4-7-12(2,3)9-15-11-6-5-10(13)8-14-11/h5-6,8H,4,7,9H2,1-3H3,(H,14,15). The molecule has 0 atom stereocenters. The molecule has 0 aliphatic carbocycles. The first-order chi connectivity index (χ1) is 7.03. The molecule has 0 unspecified atom stereocenters. The van der Waals surface area contributed by atoms with E-state index < -0.39 is 0 Å². The summed E-state index contributed by atoms with van der Waals surface area (Å²) in [5, 5.41) is 3.36. The number of anilines is 1. The van der Waals surface area contributed by atoms with Gasteiger partial charge in [0, 0.05) is 17.2 Å². The van der Waals surface area contributed by atoms with Gasteiger partial charge < -0.3 is 5.32 Å². The average Bonchev–Trinajstić information content (AvgIpc) is 2.17. The fourth-order valence-electron chi connectivity index (χ4n) is 1.58. The Morgan fingerprint density at radius 1 is 1.40 bits per heavy atom. The second kappa shape index (κ2) is 5.50. The number of rotatable bonds is 5. The van der Waals surface area contributed by atoms with E-state index in [4.69, 9.17) is 0 Å². The minimum Gasteiger partial charge on any atom is -0.370 e. The molecule has 0 aliphatic rings. The minimum atomic E-state index is 0.337. The number of halogens is 1. The van der Waals surface area contributed by atoms with Crippen LogP contribution < -0.4 is 5.32 Å². The highest BCUT2D eigenvalue weighted by molar-refractivity contribution is 9.10. The predicted molar refractivity (Wildman–Crippen MR) is 69.1 cm³/mol. The van der Waals surface area contributed by atoms with Gasteiger partial charge in [0.25, 0.3) is 0 Å². The molecular weight excluding hydrogens is 252 g/mol. The molecule has 0 radical (unpaired) electrons. The third-order valence-corrected chi connectivity index (χ3v) is 2.87. The fraction of sp³-hybridized carbons (Fsp3) is 0.583. The quantitative estimate of drug-likeness (QED) is 0.872. The molecule has 0 aromatic carbocycles. The summed E-state index contributed by atoms with van der Waals surface area (Å²) in [5.74, 6) is 0.947. The molecule has 1 aromatic rings. The first kappa shape index (κ1) is 12.5. The van der Waals surface area contributed by atoms with Gasteiger partial charge in [-0.2, -0.15) is 0 Å². The van der Waals surface area contributed by atoms with Gasteiger partial charge in [0.05, 0.1) is 0 Å². The highest BCUT2D eigenvalue weighted by atomic mass is 79.9. The zero-order chi connectivity index (χ0) is 11.3. The number of nitrogens with one attached hydrogen (secondary N) is 1. The summed E-state index contributed by atoms with van der Waals surface area (Å²) < 4.78 is 1.01. The van der Waals surface area contributed by atoms with Crippen LogP contribution in [-0.2, 0) is 0 Å². The summed E-state index contributed by atoms with van der Waals surface area (Å²) in [7, 11) is 0. The lowest BCUT2D eigenvalue weighted by Crippen LogP contribution is -2.23. The Balaban J connectivity index is 2.46. The van der Waals surface area contributed by atoms with Crippen LogP contribution in [0.25, 0.3) is 0 Å². The zero-order valence-electron chi connectivity index (χ0n) is 9.68. The van der Waals surface area contributed by atoms with Gasteiger partial charge in [0.1, 0.15) is 5.82 Å². The second-order valence-electron chi connectivity index (χ2n) is 4.63. The van der Waals surface area contributed by atoms with Crippen LogP contribution >= 0.6 is 15.9 Å². The van der Waals surface area contributed by atoms with Crippen molar-refractivity contribution in [3.05, 3.63) is 22.8 Å². The van der Waals surface area contributed by atoms with Crippen LogP contribution in [-0.4, -0.2) is 11.5 Å². The highest BCUT2D eigenvalue weighted by Crippen LogP contribution is 2.22. The first-order valence-electron chi connectivity index (χ1n) is 5.39. The molecular formula is C12H19BrN2. The molecule has 1 rings (SSSR count). The number of aromatic nitrogens is 1. The van der Waals surface area contributed by atoms with Gasteiger partial charge in [0.2, 0.25) is 0 Å². The van der Waals surface area contributed by atoms with E-state index in [0.29, 0.717) is 5.41 Å². The van der Waals surface area contributed by atoms with Gasteiger partial charge in [-0.15, -0.1) is 0 Å². The maximum absolute atomic E-state index is 4.28. The van der Waals surface area contributed by atoms with Crippen LogP contribution in [0.2, 0.25) is 0 Å². The molecule has 1 aromatic heterocycles. The molecule has 0 aliphatic heterocycles. The molecule has 84 valence electrons. The van der Waals surface area contributed by atoms with Crippen molar-refractivity contribution in [3.63, 3.8) is 0 Å². The summed E-state index contributed by atoms with van der Waals surface area (Å²) in [6, 6.07) is 3.99. The zero-order valence-corrected chi connectivity index (χ0v) is 11.3. The predicted octanol–water partition coefficient (Wildman–Crippen LogP) is 4.08. The molecule has 1 heterocycles. The lowest BCUT2D eigenvalue weighted by atomic mass is 9.88. The smallest absolute Gasteiger partial charge is 0.125 e. The van der Waals surface area contributed by atoms with E-state index in [1.165, 1.54) is 12.8 Å². The summed E-state index contributed by atoms with van der Waals surface area (Å²) in [6.07, 6.45) is 4.27. The summed E-state index contributed by atoms with van der Waals surface area (Å²) in [5.41, 5.74) is 0.337. The number of hydrogen-bond acceptors (Lipinski definition) is 2. The van der Waals surface area contributed by atoms with Gasteiger partial charge >= 0.3 is 0 Å². The van der Waals surface area contributed by atoms with Gasteiger partial charge in [-0.25, -0.2) is 4.98 Å². The first-order valence-corrected chi connectivity index (χ1v) is 6.18. The van der Waals surface area contributed by atoms with Crippen molar-refractivity contribution in [2.75, 3.05) is 11.9 Å². The van der Waals surface area contributed by atoms with E-state index in [2.05, 4.69) is 47.0 Å². The average molecular weight is 271 g/mol. The van der Waals surface area contributed by atoms with Crippen LogP contribution in [0.4, 0.5) is 5.82 Å². The van der Waals surface area contributed by atoms with Crippen molar-refractivity contribution >= 4 is 21.7 Å². The number of hydrogen-bond donors (Lipinski definition) is 1. The Labute approximate surface area is 101 Å². The molecule has 15 heavy (non-hydrogen) atoms. The van der Waals surface area contributed by atoms with Crippen molar-refractivity contribution in [2.45, 2.75) is 33.6 Å². The van der Waals surface area contributed by atoms with Gasteiger partial charge in [-0.1, -0.05) is 27.2 Å². The molecule has 3 heteroatoms. The monoisotopic (exact) mass is 270 g/mol. The topological polar surface area (TPSA) is 24.9 Å². The molecule has 0 amide bonds. The summed E-state index contributed by atoms with van der Waals surface area (Å²) in [6.45, 7) is 7.75. The number of nitrogens with zero attached hydrogens (tertiary/aromatic N) is 1. The van der Waals surface area contributed by atoms with Crippen LogP contribution in [0, 0.1) is 5.41 Å². The van der Waals surface area contributed by atoms with Crippen LogP contribution in [0.15, 0.2) is 22.8 Å². The normalized spacial score (nSPS) is 11.5. The maximum Gasteiger partial charge on any atom is 0.125 e. The van der Waals surface area contributed by atoms with E-state index in [9.17, 15) is 0 Å². The molecule has 1 N–H and O–H groups in total. The Morgan fingerprint density at radius 2 is 2.13 bits per heavy atom. The van der Waals surface area contributed by atoms with Gasteiger partial charge in [-0.05, 0) is 39.9 Å². The van der Waals surface area contributed by atoms with E-state index in [1.807, 2.05) is 18.3 Å². The third kappa shape index (κ3) is 4.65. The van der Waals surface area contributed by atoms with Crippen molar-refractivity contribution < 1.29 is 0 Å². The summed E-state index contributed by atoms with van der Waals surface area (Å²) >= 11 is 3.37. The fourth-order valence-corrected chi connectivity index (χ4v) is 1.81. The SMILES string of the molecule is CCCC(C)(C)CNc1ccc(Br)cn1. The van der Waals surface area contributed by atoms with Crippen LogP contribution in [0.5, 0.6) is 0 Å². The molecule has 0 fully saturated rings. The van der Waals surface area contributed by atoms with Crippen LogP contribution in [0.3, 0.4) is 0 Å². The van der Waals surface area contributed by atoms with Crippen molar-refractivity contribution in [3.8, 4) is 0 Å². The molecule has 0 saturated carbocycles. The van der Waals surface area contributed by atoms with Crippen molar-refractivity contribution in [2.24, 2.45) is 5.41 Å². The Kier molecular flexibility index (Phi) is 4.58. The lowest BCUT2D eigenvalue weighted by molar-refractivity contribution is 0.354. The van der Waals surface area contributed by atoms with E-state index in [1.54, 1.807) is 0 Å². The van der Waals surface area contributed by atoms with E-state index in [-0.39, 0.29) is 0 Å². The van der Waals surface area contributed by atoms with Crippen molar-refractivity contribution in [1.82, 2.24) is 4.98 Å². The lowest BCUT2D eigenvalue weighted by Gasteiger charge is -2.24. The molecule has 0 bridgehead atoms. The Morgan fingerprint density at radius 3 is 2.67 bits per heavy atom.